The zero-order chi connectivity index (χ0) is 10.8. The van der Waals surface area contributed by atoms with Crippen molar-refractivity contribution in [3.8, 4) is 0 Å². The highest BCUT2D eigenvalue weighted by Crippen LogP contribution is 2.36. The van der Waals surface area contributed by atoms with Gasteiger partial charge in [0.1, 0.15) is 0 Å². The fourth-order valence-corrected chi connectivity index (χ4v) is 4.16. The third-order valence-corrected chi connectivity index (χ3v) is 5.07. The zero-order valence-corrected chi connectivity index (χ0v) is 10.5. The van der Waals surface area contributed by atoms with Gasteiger partial charge in [-0.25, -0.2) is 0 Å². The Hall–Kier alpha value is -0.0800. The summed E-state index contributed by atoms with van der Waals surface area (Å²) < 4.78 is 0. The Morgan fingerprint density at radius 3 is 2.44 bits per heavy atom. The molecule has 0 amide bonds. The maximum atomic E-state index is 3.86. The molecule has 0 aromatic rings. The quantitative estimate of drug-likeness (QED) is 0.733. The van der Waals surface area contributed by atoms with Crippen LogP contribution in [0.2, 0.25) is 0 Å². The molecule has 2 saturated heterocycles. The van der Waals surface area contributed by atoms with Crippen molar-refractivity contribution in [1.29, 1.82) is 0 Å². The molecule has 1 N–H and O–H groups in total. The van der Waals surface area contributed by atoms with Crippen LogP contribution in [0.4, 0.5) is 0 Å². The Morgan fingerprint density at radius 1 is 0.938 bits per heavy atom. The van der Waals surface area contributed by atoms with Crippen LogP contribution in [-0.4, -0.2) is 36.1 Å². The molecule has 1 atom stereocenters. The lowest BCUT2D eigenvalue weighted by molar-refractivity contribution is 0.0982. The van der Waals surface area contributed by atoms with Gasteiger partial charge in [0.2, 0.25) is 0 Å². The van der Waals surface area contributed by atoms with Gasteiger partial charge in [0.05, 0.1) is 0 Å². The van der Waals surface area contributed by atoms with E-state index in [4.69, 9.17) is 0 Å². The molecule has 0 bridgehead atoms. The highest BCUT2D eigenvalue weighted by atomic mass is 15.2. The van der Waals surface area contributed by atoms with Gasteiger partial charge >= 0.3 is 0 Å². The fraction of sp³-hybridized carbons (Fsp3) is 1.00. The second-order valence-corrected chi connectivity index (χ2v) is 6.16. The van der Waals surface area contributed by atoms with E-state index in [2.05, 4.69) is 10.2 Å². The second-order valence-electron chi connectivity index (χ2n) is 6.16. The van der Waals surface area contributed by atoms with Crippen molar-refractivity contribution in [2.45, 2.75) is 69.4 Å². The number of likely N-dealkylation sites (tertiary alicyclic amines) is 1. The van der Waals surface area contributed by atoms with Gasteiger partial charge in [0.25, 0.3) is 0 Å². The zero-order valence-electron chi connectivity index (χ0n) is 10.5. The second kappa shape index (κ2) is 4.66. The number of nitrogens with zero attached hydrogens (tertiary/aromatic N) is 1. The molecule has 2 heterocycles. The lowest BCUT2D eigenvalue weighted by Gasteiger charge is -2.47. The van der Waals surface area contributed by atoms with E-state index < -0.39 is 0 Å². The SMILES string of the molecule is C1CCC2(CC1)CC(N1CCCC1)CCN2. The van der Waals surface area contributed by atoms with Crippen molar-refractivity contribution >= 4 is 0 Å². The first kappa shape index (κ1) is 11.0. The smallest absolute Gasteiger partial charge is 0.0196 e. The predicted molar refractivity (Wildman–Crippen MR) is 67.6 cm³/mol. The van der Waals surface area contributed by atoms with Crippen LogP contribution in [0.3, 0.4) is 0 Å². The molecule has 0 aromatic heterocycles. The van der Waals surface area contributed by atoms with E-state index in [0.29, 0.717) is 5.54 Å². The topological polar surface area (TPSA) is 15.3 Å². The third kappa shape index (κ3) is 2.14. The predicted octanol–water partition coefficient (Wildman–Crippen LogP) is 2.54. The van der Waals surface area contributed by atoms with E-state index >= 15 is 0 Å². The lowest BCUT2D eigenvalue weighted by atomic mass is 9.74. The van der Waals surface area contributed by atoms with Gasteiger partial charge in [-0.2, -0.15) is 0 Å². The van der Waals surface area contributed by atoms with Gasteiger partial charge in [-0.3, -0.25) is 0 Å². The van der Waals surface area contributed by atoms with Crippen LogP contribution in [0.5, 0.6) is 0 Å². The summed E-state index contributed by atoms with van der Waals surface area (Å²) in [5.74, 6) is 0. The maximum Gasteiger partial charge on any atom is 0.0196 e. The summed E-state index contributed by atoms with van der Waals surface area (Å²) in [4.78, 5) is 2.77. The Kier molecular flexibility index (Phi) is 3.21. The monoisotopic (exact) mass is 222 g/mol. The normalized spacial score (nSPS) is 35.6. The molecule has 16 heavy (non-hydrogen) atoms. The van der Waals surface area contributed by atoms with Crippen molar-refractivity contribution in [3.63, 3.8) is 0 Å². The van der Waals surface area contributed by atoms with Crippen LogP contribution in [0.1, 0.15) is 57.8 Å². The number of nitrogens with one attached hydrogen (secondary N) is 1. The minimum absolute atomic E-state index is 0.545. The molecule has 3 rings (SSSR count). The van der Waals surface area contributed by atoms with E-state index in [1.165, 1.54) is 77.4 Å². The summed E-state index contributed by atoms with van der Waals surface area (Å²) >= 11 is 0. The van der Waals surface area contributed by atoms with E-state index in [1.807, 2.05) is 0 Å². The molecular formula is C14H26N2. The molecule has 2 nitrogen and oxygen atoms in total. The molecule has 1 aliphatic carbocycles. The van der Waals surface area contributed by atoms with E-state index in [1.54, 1.807) is 0 Å². The van der Waals surface area contributed by atoms with Crippen LogP contribution < -0.4 is 5.32 Å². The molecule has 1 spiro atoms. The van der Waals surface area contributed by atoms with Gasteiger partial charge < -0.3 is 10.2 Å². The molecule has 0 aromatic carbocycles. The number of hydrogen-bond acceptors (Lipinski definition) is 2. The highest BCUT2D eigenvalue weighted by molar-refractivity contribution is 4.98. The Labute approximate surface area is 99.8 Å². The van der Waals surface area contributed by atoms with Crippen molar-refractivity contribution in [1.82, 2.24) is 10.2 Å². The van der Waals surface area contributed by atoms with E-state index in [9.17, 15) is 0 Å². The fourth-order valence-electron chi connectivity index (χ4n) is 4.16. The molecule has 1 saturated carbocycles. The molecule has 92 valence electrons. The first-order chi connectivity index (χ1) is 7.88. The van der Waals surface area contributed by atoms with Gasteiger partial charge in [0.15, 0.2) is 0 Å². The number of piperidine rings is 1. The maximum absolute atomic E-state index is 3.86. The summed E-state index contributed by atoms with van der Waals surface area (Å²) in [7, 11) is 0. The minimum Gasteiger partial charge on any atom is -0.311 e. The highest BCUT2D eigenvalue weighted by Gasteiger charge is 2.38. The Morgan fingerprint density at radius 2 is 1.69 bits per heavy atom. The number of rotatable bonds is 1. The largest absolute Gasteiger partial charge is 0.311 e. The number of hydrogen-bond donors (Lipinski definition) is 1. The standard InChI is InChI=1S/C14H26N2/c1-2-7-14(8-3-1)12-13(6-9-15-14)16-10-4-5-11-16/h13,15H,1-12H2. The van der Waals surface area contributed by atoms with Gasteiger partial charge in [-0.05, 0) is 58.2 Å². The molecular weight excluding hydrogens is 196 g/mol. The molecule has 1 unspecified atom stereocenters. The van der Waals surface area contributed by atoms with E-state index in [0.717, 1.165) is 6.04 Å². The Balaban J connectivity index is 1.64. The van der Waals surface area contributed by atoms with E-state index in [-0.39, 0.29) is 0 Å². The summed E-state index contributed by atoms with van der Waals surface area (Å²) in [6.07, 6.45) is 13.0. The molecule has 2 aliphatic heterocycles. The molecule has 2 heteroatoms. The summed E-state index contributed by atoms with van der Waals surface area (Å²) in [6.45, 7) is 4.02. The van der Waals surface area contributed by atoms with Crippen LogP contribution in [0, 0.1) is 0 Å². The van der Waals surface area contributed by atoms with Crippen LogP contribution >= 0.6 is 0 Å². The first-order valence-corrected chi connectivity index (χ1v) is 7.37. The summed E-state index contributed by atoms with van der Waals surface area (Å²) in [5, 5.41) is 3.86. The van der Waals surface area contributed by atoms with Crippen molar-refractivity contribution in [2.75, 3.05) is 19.6 Å². The first-order valence-electron chi connectivity index (χ1n) is 7.37. The van der Waals surface area contributed by atoms with Crippen LogP contribution in [-0.2, 0) is 0 Å². The van der Waals surface area contributed by atoms with Crippen LogP contribution in [0.15, 0.2) is 0 Å². The van der Waals surface area contributed by atoms with Crippen molar-refractivity contribution < 1.29 is 0 Å². The van der Waals surface area contributed by atoms with Gasteiger partial charge in [0, 0.05) is 11.6 Å². The minimum atomic E-state index is 0.545. The average molecular weight is 222 g/mol. The average Bonchev–Trinajstić information content (AvgIpc) is 2.83. The van der Waals surface area contributed by atoms with Crippen LogP contribution in [0.25, 0.3) is 0 Å². The summed E-state index contributed by atoms with van der Waals surface area (Å²) in [6, 6.07) is 0.904. The lowest BCUT2D eigenvalue weighted by Crippen LogP contribution is -2.56. The van der Waals surface area contributed by atoms with Gasteiger partial charge in [-0.15, -0.1) is 0 Å². The molecule has 3 fully saturated rings. The third-order valence-electron chi connectivity index (χ3n) is 5.07. The van der Waals surface area contributed by atoms with Gasteiger partial charge in [-0.1, -0.05) is 19.3 Å². The molecule has 3 aliphatic rings. The molecule has 0 radical (unpaired) electrons. The van der Waals surface area contributed by atoms with Crippen molar-refractivity contribution in [3.05, 3.63) is 0 Å². The summed E-state index contributed by atoms with van der Waals surface area (Å²) in [5.41, 5.74) is 0.545. The Bertz CT molecular complexity index is 221. The van der Waals surface area contributed by atoms with Crippen molar-refractivity contribution in [2.24, 2.45) is 0 Å².